The van der Waals surface area contributed by atoms with Crippen molar-refractivity contribution in [1.29, 1.82) is 0 Å². The summed E-state index contributed by atoms with van der Waals surface area (Å²) in [4.78, 5) is 4.43. The summed E-state index contributed by atoms with van der Waals surface area (Å²) in [5.41, 5.74) is 2.71. The highest BCUT2D eigenvalue weighted by atomic mass is 15.1. The van der Waals surface area contributed by atoms with Gasteiger partial charge in [0.2, 0.25) is 0 Å². The Labute approximate surface area is 122 Å². The summed E-state index contributed by atoms with van der Waals surface area (Å²) in [6.07, 6.45) is 6.01. The zero-order chi connectivity index (χ0) is 14.5. The summed E-state index contributed by atoms with van der Waals surface area (Å²) >= 11 is 0. The molecule has 0 aliphatic carbocycles. The molecule has 20 heavy (non-hydrogen) atoms. The molecule has 0 saturated heterocycles. The Morgan fingerprint density at radius 3 is 2.40 bits per heavy atom. The van der Waals surface area contributed by atoms with Crippen LogP contribution in [0.25, 0.3) is 0 Å². The fraction of sp³-hybridized carbons (Fsp3) is 0.471. The number of likely N-dealkylation sites (N-methyl/N-ethyl adjacent to an activating group) is 1. The van der Waals surface area contributed by atoms with Gasteiger partial charge >= 0.3 is 0 Å². The average molecular weight is 271 g/mol. The maximum Gasteiger partial charge on any atom is 0.108 e. The second kappa shape index (κ2) is 6.71. The van der Waals surface area contributed by atoms with E-state index in [0.717, 1.165) is 18.7 Å². The zero-order valence-corrected chi connectivity index (χ0v) is 12.9. The van der Waals surface area contributed by atoms with Crippen molar-refractivity contribution in [2.45, 2.75) is 45.7 Å². The Kier molecular flexibility index (Phi) is 4.96. The van der Waals surface area contributed by atoms with Gasteiger partial charge in [0.25, 0.3) is 0 Å². The summed E-state index contributed by atoms with van der Waals surface area (Å²) in [6.45, 7) is 6.58. The summed E-state index contributed by atoms with van der Waals surface area (Å²) < 4.78 is 2.27. The third-order valence-electron chi connectivity index (χ3n) is 4.04. The van der Waals surface area contributed by atoms with Crippen LogP contribution in [0.3, 0.4) is 0 Å². The van der Waals surface area contributed by atoms with Crippen molar-refractivity contribution in [2.24, 2.45) is 0 Å². The number of nitrogens with one attached hydrogen (secondary N) is 1. The Morgan fingerprint density at radius 2 is 1.85 bits per heavy atom. The van der Waals surface area contributed by atoms with Crippen molar-refractivity contribution in [1.82, 2.24) is 14.9 Å². The minimum absolute atomic E-state index is 0.292. The monoisotopic (exact) mass is 271 g/mol. The molecule has 0 saturated carbocycles. The summed E-state index contributed by atoms with van der Waals surface area (Å²) in [6, 6.07) is 9.55. The van der Waals surface area contributed by atoms with Crippen molar-refractivity contribution >= 4 is 0 Å². The maximum atomic E-state index is 4.43. The molecule has 1 heterocycles. The maximum absolute atomic E-state index is 4.43. The minimum Gasteiger partial charge on any atom is -0.330 e. The first kappa shape index (κ1) is 14.8. The molecule has 1 aromatic heterocycles. The van der Waals surface area contributed by atoms with E-state index in [0.29, 0.717) is 12.1 Å². The van der Waals surface area contributed by atoms with Gasteiger partial charge in [-0.3, -0.25) is 0 Å². The van der Waals surface area contributed by atoms with Gasteiger partial charge in [0.1, 0.15) is 5.82 Å². The lowest BCUT2D eigenvalue weighted by atomic mass is 9.98. The standard InChI is InChI=1S/C17H25N3/c1-5-14-7-9-15(10-8-14)17(18-4)13(3)20-12-11-19-16(20)6-2/h7-13,17-18H,5-6H2,1-4H3. The van der Waals surface area contributed by atoms with Crippen molar-refractivity contribution in [3.8, 4) is 0 Å². The smallest absolute Gasteiger partial charge is 0.108 e. The molecule has 3 heteroatoms. The fourth-order valence-electron chi connectivity index (χ4n) is 2.80. The van der Waals surface area contributed by atoms with Gasteiger partial charge < -0.3 is 9.88 Å². The Balaban J connectivity index is 2.26. The number of hydrogen-bond acceptors (Lipinski definition) is 2. The van der Waals surface area contributed by atoms with Gasteiger partial charge in [-0.25, -0.2) is 4.98 Å². The van der Waals surface area contributed by atoms with Crippen LogP contribution >= 0.6 is 0 Å². The molecule has 2 atom stereocenters. The van der Waals surface area contributed by atoms with Gasteiger partial charge in [-0.05, 0) is 31.5 Å². The van der Waals surface area contributed by atoms with Gasteiger partial charge in [0.05, 0.1) is 12.1 Å². The van der Waals surface area contributed by atoms with Crippen molar-refractivity contribution in [2.75, 3.05) is 7.05 Å². The van der Waals surface area contributed by atoms with E-state index in [9.17, 15) is 0 Å². The molecule has 0 amide bonds. The molecule has 3 nitrogen and oxygen atoms in total. The molecular formula is C17H25N3. The highest BCUT2D eigenvalue weighted by Gasteiger charge is 2.20. The molecule has 0 radical (unpaired) electrons. The molecule has 2 aromatic rings. The van der Waals surface area contributed by atoms with E-state index in [1.807, 2.05) is 13.2 Å². The van der Waals surface area contributed by atoms with E-state index in [1.165, 1.54) is 11.1 Å². The lowest BCUT2D eigenvalue weighted by Gasteiger charge is -2.26. The number of nitrogens with zero attached hydrogens (tertiary/aromatic N) is 2. The molecule has 0 aliphatic rings. The fourth-order valence-corrected chi connectivity index (χ4v) is 2.80. The van der Waals surface area contributed by atoms with Crippen LogP contribution in [0.15, 0.2) is 36.7 Å². The SMILES string of the molecule is CCc1ccc(C(NC)C(C)n2ccnc2CC)cc1. The molecule has 108 valence electrons. The van der Waals surface area contributed by atoms with E-state index < -0.39 is 0 Å². The number of aryl methyl sites for hydroxylation is 2. The van der Waals surface area contributed by atoms with E-state index >= 15 is 0 Å². The first-order valence-electron chi connectivity index (χ1n) is 7.49. The van der Waals surface area contributed by atoms with Gasteiger partial charge in [0.15, 0.2) is 0 Å². The van der Waals surface area contributed by atoms with Crippen LogP contribution in [0.2, 0.25) is 0 Å². The predicted octanol–water partition coefficient (Wildman–Crippen LogP) is 3.53. The number of aromatic nitrogens is 2. The zero-order valence-electron chi connectivity index (χ0n) is 12.9. The van der Waals surface area contributed by atoms with Gasteiger partial charge in [-0.2, -0.15) is 0 Å². The van der Waals surface area contributed by atoms with E-state index in [4.69, 9.17) is 0 Å². The third-order valence-corrected chi connectivity index (χ3v) is 4.04. The van der Waals surface area contributed by atoms with Gasteiger partial charge in [-0.15, -0.1) is 0 Å². The Bertz CT molecular complexity index is 527. The van der Waals surface area contributed by atoms with Crippen molar-refractivity contribution < 1.29 is 0 Å². The van der Waals surface area contributed by atoms with Crippen molar-refractivity contribution in [3.63, 3.8) is 0 Å². The molecule has 1 aromatic carbocycles. The van der Waals surface area contributed by atoms with Crippen LogP contribution in [-0.2, 0) is 12.8 Å². The molecule has 1 N–H and O–H groups in total. The van der Waals surface area contributed by atoms with Crippen LogP contribution in [0.5, 0.6) is 0 Å². The minimum atomic E-state index is 0.292. The van der Waals surface area contributed by atoms with Gasteiger partial charge in [0, 0.05) is 18.8 Å². The van der Waals surface area contributed by atoms with Gasteiger partial charge in [-0.1, -0.05) is 38.1 Å². The normalized spacial score (nSPS) is 14.2. The molecule has 0 spiro atoms. The van der Waals surface area contributed by atoms with E-state index in [-0.39, 0.29) is 0 Å². The van der Waals surface area contributed by atoms with Crippen LogP contribution < -0.4 is 5.32 Å². The lowest BCUT2D eigenvalue weighted by Crippen LogP contribution is -2.26. The molecule has 2 rings (SSSR count). The summed E-state index contributed by atoms with van der Waals surface area (Å²) in [5.74, 6) is 1.14. The highest BCUT2D eigenvalue weighted by Crippen LogP contribution is 2.27. The number of hydrogen-bond donors (Lipinski definition) is 1. The second-order valence-electron chi connectivity index (χ2n) is 5.21. The first-order chi connectivity index (χ1) is 9.71. The molecular weight excluding hydrogens is 246 g/mol. The molecule has 2 unspecified atom stereocenters. The Hall–Kier alpha value is -1.61. The van der Waals surface area contributed by atoms with Crippen LogP contribution in [0, 0.1) is 0 Å². The third kappa shape index (κ3) is 2.93. The largest absolute Gasteiger partial charge is 0.330 e. The van der Waals surface area contributed by atoms with Crippen molar-refractivity contribution in [3.05, 3.63) is 53.6 Å². The molecule has 0 bridgehead atoms. The average Bonchev–Trinajstić information content (AvgIpc) is 2.97. The summed E-state index contributed by atoms with van der Waals surface area (Å²) in [7, 11) is 2.03. The van der Waals surface area contributed by atoms with E-state index in [1.54, 1.807) is 0 Å². The topological polar surface area (TPSA) is 29.9 Å². The lowest BCUT2D eigenvalue weighted by molar-refractivity contribution is 0.392. The number of rotatable bonds is 6. The van der Waals surface area contributed by atoms with Crippen LogP contribution in [0.1, 0.15) is 49.8 Å². The second-order valence-corrected chi connectivity index (χ2v) is 5.21. The highest BCUT2D eigenvalue weighted by molar-refractivity contribution is 5.26. The quantitative estimate of drug-likeness (QED) is 0.871. The Morgan fingerprint density at radius 1 is 1.15 bits per heavy atom. The number of imidazole rings is 1. The summed E-state index contributed by atoms with van der Waals surface area (Å²) in [5, 5.41) is 3.45. The molecule has 0 fully saturated rings. The predicted molar refractivity (Wildman–Crippen MR) is 83.9 cm³/mol. The number of benzene rings is 1. The van der Waals surface area contributed by atoms with E-state index in [2.05, 4.69) is 66.1 Å². The first-order valence-corrected chi connectivity index (χ1v) is 7.49. The van der Waals surface area contributed by atoms with Crippen LogP contribution in [-0.4, -0.2) is 16.6 Å². The molecule has 0 aliphatic heterocycles. The van der Waals surface area contributed by atoms with Crippen LogP contribution in [0.4, 0.5) is 0 Å².